The Morgan fingerprint density at radius 2 is 2.55 bits per heavy atom. The molecule has 0 saturated carbocycles. The Kier molecular flexibility index (Phi) is 2.35. The summed E-state index contributed by atoms with van der Waals surface area (Å²) in [6, 6.07) is 0. The van der Waals surface area contributed by atoms with Crippen molar-refractivity contribution in [3.05, 3.63) is 10.1 Å². The number of ether oxygens (including phenoxy) is 1. The summed E-state index contributed by atoms with van der Waals surface area (Å²) in [5.74, 6) is 0. The molecule has 1 fully saturated rings. The van der Waals surface area contributed by atoms with Gasteiger partial charge in [-0.3, -0.25) is 15.8 Å². The van der Waals surface area contributed by atoms with Gasteiger partial charge in [0.2, 0.25) is 0 Å². The molecular weight excluding hydrogens is 152 g/mol. The van der Waals surface area contributed by atoms with E-state index < -0.39 is 17.6 Å². The number of nitrogens with two attached hydrogens (primary N) is 1. The van der Waals surface area contributed by atoms with Crippen molar-refractivity contribution < 1.29 is 9.66 Å². The van der Waals surface area contributed by atoms with Crippen molar-refractivity contribution in [1.82, 2.24) is 10.2 Å². The van der Waals surface area contributed by atoms with Crippen LogP contribution in [-0.2, 0) is 4.74 Å². The van der Waals surface area contributed by atoms with Crippen LogP contribution in [0.15, 0.2) is 0 Å². The average Bonchev–Trinajstić information content (AvgIpc) is 1.94. The van der Waals surface area contributed by atoms with Crippen LogP contribution in [0.1, 0.15) is 0 Å². The van der Waals surface area contributed by atoms with E-state index in [0.717, 1.165) is 0 Å². The van der Waals surface area contributed by atoms with Gasteiger partial charge in [-0.1, -0.05) is 0 Å². The highest BCUT2D eigenvalue weighted by atomic mass is 16.6. The Morgan fingerprint density at radius 3 is 3.00 bits per heavy atom. The monoisotopic (exact) mass is 162 g/mol. The van der Waals surface area contributed by atoms with Crippen LogP contribution in [-0.4, -0.2) is 36.2 Å². The van der Waals surface area contributed by atoms with Gasteiger partial charge in [-0.25, -0.2) is 5.32 Å². The molecule has 0 spiro atoms. The van der Waals surface area contributed by atoms with Gasteiger partial charge in [0.05, 0.1) is 4.92 Å². The minimum atomic E-state index is -0.946. The highest BCUT2D eigenvalue weighted by molar-refractivity contribution is 4.59. The lowest BCUT2D eigenvalue weighted by Crippen LogP contribution is -2.62. The van der Waals surface area contributed by atoms with Crippen molar-refractivity contribution in [2.45, 2.75) is 12.6 Å². The largest absolute Gasteiger partial charge is 0.334 e. The first-order chi connectivity index (χ1) is 5.13. The zero-order valence-corrected chi connectivity index (χ0v) is 6.06. The van der Waals surface area contributed by atoms with Gasteiger partial charge in [0.25, 0.3) is 0 Å². The second kappa shape index (κ2) is 3.09. The molecule has 0 aliphatic carbocycles. The van der Waals surface area contributed by atoms with E-state index in [1.165, 1.54) is 11.9 Å². The molecule has 2 atom stereocenters. The van der Waals surface area contributed by atoms with Crippen LogP contribution in [0.3, 0.4) is 0 Å². The molecule has 1 rings (SSSR count). The second-order valence-corrected chi connectivity index (χ2v) is 2.23. The molecule has 7 nitrogen and oxygen atoms in total. The Bertz CT molecular complexity index is 163. The standard InChI is InChI=1S/C4H10N4O3/c1-7-3(5)11-2-6-4(7)8(9)10/h3-4,6H,2,5H2,1H3. The lowest BCUT2D eigenvalue weighted by molar-refractivity contribution is -0.570. The van der Waals surface area contributed by atoms with E-state index in [9.17, 15) is 10.1 Å². The number of nitrogens with zero attached hydrogens (tertiary/aromatic N) is 2. The number of nitrogens with one attached hydrogen (secondary N) is 1. The third-order valence-corrected chi connectivity index (χ3v) is 1.51. The molecule has 2 unspecified atom stereocenters. The molecule has 0 aromatic carbocycles. The molecule has 7 heteroatoms. The number of hydrogen-bond donors (Lipinski definition) is 2. The van der Waals surface area contributed by atoms with Gasteiger partial charge in [0.1, 0.15) is 6.73 Å². The summed E-state index contributed by atoms with van der Waals surface area (Å²) in [6.07, 6.45) is -1.65. The van der Waals surface area contributed by atoms with E-state index >= 15 is 0 Å². The van der Waals surface area contributed by atoms with E-state index in [1.54, 1.807) is 0 Å². The molecule has 0 bridgehead atoms. The summed E-state index contributed by atoms with van der Waals surface area (Å²) < 4.78 is 4.86. The highest BCUT2D eigenvalue weighted by Gasteiger charge is 2.33. The smallest absolute Gasteiger partial charge is 0.330 e. The molecule has 64 valence electrons. The van der Waals surface area contributed by atoms with Crippen LogP contribution in [0, 0.1) is 10.1 Å². The molecule has 1 saturated heterocycles. The molecule has 3 N–H and O–H groups in total. The maximum atomic E-state index is 10.3. The minimum Gasteiger partial charge on any atom is -0.334 e. The van der Waals surface area contributed by atoms with Crippen LogP contribution < -0.4 is 11.1 Å². The Morgan fingerprint density at radius 1 is 1.91 bits per heavy atom. The van der Waals surface area contributed by atoms with Gasteiger partial charge in [-0.15, -0.1) is 0 Å². The summed E-state index contributed by atoms with van der Waals surface area (Å²) >= 11 is 0. The van der Waals surface area contributed by atoms with Crippen molar-refractivity contribution in [1.29, 1.82) is 0 Å². The summed E-state index contributed by atoms with van der Waals surface area (Å²) in [4.78, 5) is 11.1. The molecule has 0 aromatic heterocycles. The fourth-order valence-electron chi connectivity index (χ4n) is 0.832. The zero-order valence-electron chi connectivity index (χ0n) is 6.06. The van der Waals surface area contributed by atoms with E-state index in [0.29, 0.717) is 0 Å². The maximum Gasteiger partial charge on any atom is 0.330 e. The maximum absolute atomic E-state index is 10.3. The van der Waals surface area contributed by atoms with E-state index in [4.69, 9.17) is 10.5 Å². The molecule has 1 aliphatic heterocycles. The van der Waals surface area contributed by atoms with Gasteiger partial charge in [-0.05, 0) is 7.05 Å². The number of rotatable bonds is 1. The van der Waals surface area contributed by atoms with E-state index in [1.807, 2.05) is 0 Å². The first kappa shape index (κ1) is 8.34. The summed E-state index contributed by atoms with van der Waals surface area (Å²) in [5, 5.41) is 12.8. The molecule has 0 aromatic rings. The van der Waals surface area contributed by atoms with Gasteiger partial charge in [-0.2, -0.15) is 4.90 Å². The second-order valence-electron chi connectivity index (χ2n) is 2.23. The van der Waals surface area contributed by atoms with Crippen LogP contribution in [0.25, 0.3) is 0 Å². The van der Waals surface area contributed by atoms with Crippen molar-refractivity contribution >= 4 is 0 Å². The zero-order chi connectivity index (χ0) is 8.43. The van der Waals surface area contributed by atoms with E-state index in [-0.39, 0.29) is 6.73 Å². The highest BCUT2D eigenvalue weighted by Crippen LogP contribution is 2.02. The third kappa shape index (κ3) is 1.63. The minimum absolute atomic E-state index is 0.108. The molecule has 1 heterocycles. The van der Waals surface area contributed by atoms with Crippen molar-refractivity contribution in [3.63, 3.8) is 0 Å². The molecule has 0 amide bonds. The topological polar surface area (TPSA) is 93.7 Å². The molecule has 1 aliphatic rings. The lowest BCUT2D eigenvalue weighted by atomic mass is 10.6. The van der Waals surface area contributed by atoms with Gasteiger partial charge in [0.15, 0.2) is 6.35 Å². The molecule has 11 heavy (non-hydrogen) atoms. The summed E-state index contributed by atoms with van der Waals surface area (Å²) in [6.45, 7) is 0.108. The normalized spacial score (nSPS) is 33.6. The van der Waals surface area contributed by atoms with Gasteiger partial charge in [0, 0.05) is 0 Å². The average molecular weight is 162 g/mol. The van der Waals surface area contributed by atoms with Crippen LogP contribution >= 0.6 is 0 Å². The summed E-state index contributed by atoms with van der Waals surface area (Å²) in [5.41, 5.74) is 5.37. The van der Waals surface area contributed by atoms with Gasteiger partial charge >= 0.3 is 6.29 Å². The third-order valence-electron chi connectivity index (χ3n) is 1.51. The summed E-state index contributed by atoms with van der Waals surface area (Å²) in [7, 11) is 1.52. The van der Waals surface area contributed by atoms with E-state index in [2.05, 4.69) is 5.32 Å². The van der Waals surface area contributed by atoms with Gasteiger partial charge < -0.3 is 4.74 Å². The number of hydrogen-bond acceptors (Lipinski definition) is 6. The number of nitro groups is 1. The quantitative estimate of drug-likeness (QED) is 0.352. The first-order valence-electron chi connectivity index (χ1n) is 3.09. The Balaban J connectivity index is 2.58. The lowest BCUT2D eigenvalue weighted by Gasteiger charge is -2.31. The fourth-order valence-corrected chi connectivity index (χ4v) is 0.832. The van der Waals surface area contributed by atoms with Crippen LogP contribution in [0.4, 0.5) is 0 Å². The van der Waals surface area contributed by atoms with Crippen molar-refractivity contribution in [2.24, 2.45) is 5.73 Å². The van der Waals surface area contributed by atoms with Crippen molar-refractivity contribution in [2.75, 3.05) is 13.8 Å². The molecular formula is C4H10N4O3. The van der Waals surface area contributed by atoms with Crippen LogP contribution in [0.2, 0.25) is 0 Å². The Labute approximate surface area is 63.2 Å². The predicted molar refractivity (Wildman–Crippen MR) is 35.6 cm³/mol. The first-order valence-corrected chi connectivity index (χ1v) is 3.09. The van der Waals surface area contributed by atoms with Crippen LogP contribution in [0.5, 0.6) is 0 Å². The Hall–Kier alpha value is -0.760. The van der Waals surface area contributed by atoms with Crippen molar-refractivity contribution in [3.8, 4) is 0 Å². The SMILES string of the molecule is CN1C(N)OCNC1[N+](=O)[O-]. The fraction of sp³-hybridized carbons (Fsp3) is 1.00. The predicted octanol–water partition coefficient (Wildman–Crippen LogP) is -1.70. The molecule has 0 radical (unpaired) electrons.